The number of sulfonamides is 1. The van der Waals surface area contributed by atoms with Crippen LogP contribution in [0, 0.1) is 0 Å². The minimum Gasteiger partial charge on any atom is -0.457 e. The monoisotopic (exact) mass is 470 g/mol. The maximum atomic E-state index is 12.5. The van der Waals surface area contributed by atoms with Gasteiger partial charge in [0.1, 0.15) is 22.7 Å². The second-order valence-corrected chi connectivity index (χ2v) is 8.52. The highest BCUT2D eigenvalue weighted by atomic mass is 35.5. The minimum absolute atomic E-state index is 0.0165. The maximum Gasteiger partial charge on any atom is 0.269 e. The summed E-state index contributed by atoms with van der Waals surface area (Å²) in [6.07, 6.45) is 1.46. The topological polar surface area (TPSA) is 136 Å². The van der Waals surface area contributed by atoms with E-state index in [1.807, 2.05) is 0 Å². The molecule has 0 saturated heterocycles. The Morgan fingerprint density at radius 2 is 1.72 bits per heavy atom. The number of hydrogen-bond donors (Lipinski definition) is 2. The highest BCUT2D eigenvalue weighted by Crippen LogP contribution is 2.25. The number of amides is 1. The number of rotatable bonds is 6. The smallest absolute Gasteiger partial charge is 0.269 e. The van der Waals surface area contributed by atoms with Crippen molar-refractivity contribution in [2.75, 3.05) is 11.8 Å². The molecule has 162 valence electrons. The van der Waals surface area contributed by atoms with Crippen LogP contribution >= 0.6 is 11.6 Å². The Morgan fingerprint density at radius 3 is 2.47 bits per heavy atom. The van der Waals surface area contributed by atoms with E-state index in [0.29, 0.717) is 27.6 Å². The highest BCUT2D eigenvalue weighted by Gasteiger charge is 2.16. The zero-order valence-corrected chi connectivity index (χ0v) is 18.1. The van der Waals surface area contributed by atoms with E-state index in [1.54, 1.807) is 24.3 Å². The lowest BCUT2D eigenvalue weighted by atomic mass is 10.3. The van der Waals surface area contributed by atoms with Crippen LogP contribution in [-0.4, -0.2) is 41.5 Å². The summed E-state index contributed by atoms with van der Waals surface area (Å²) in [7, 11) is -2.39. The Morgan fingerprint density at radius 1 is 0.969 bits per heavy atom. The number of fused-ring (bicyclic) bond motifs is 1. The molecule has 0 aliphatic rings. The average Bonchev–Trinajstić information content (AvgIpc) is 2.79. The average molecular weight is 471 g/mol. The molecule has 2 heterocycles. The van der Waals surface area contributed by atoms with Gasteiger partial charge in [-0.1, -0.05) is 11.6 Å². The number of carbonyl (C=O) groups is 1. The van der Waals surface area contributed by atoms with Gasteiger partial charge >= 0.3 is 0 Å². The number of hydrogen-bond acceptors (Lipinski definition) is 8. The molecule has 10 nitrogen and oxygen atoms in total. The zero-order chi connectivity index (χ0) is 22.7. The first-order valence-corrected chi connectivity index (χ1v) is 11.0. The number of anilines is 1. The normalized spacial score (nSPS) is 11.2. The molecule has 0 fully saturated rings. The summed E-state index contributed by atoms with van der Waals surface area (Å²) in [4.78, 5) is 19.9. The first kappa shape index (κ1) is 21.4. The third-order valence-electron chi connectivity index (χ3n) is 4.20. The SMILES string of the molecule is CNC(=O)c1cc(Oc2ccc3nc(NS(=O)(=O)c4ccc(Cl)cc4)nnc3c2)ccn1. The van der Waals surface area contributed by atoms with Crippen molar-refractivity contribution in [3.63, 3.8) is 0 Å². The van der Waals surface area contributed by atoms with Crippen molar-refractivity contribution >= 4 is 44.5 Å². The van der Waals surface area contributed by atoms with Crippen molar-refractivity contribution in [3.8, 4) is 11.5 Å². The number of carbonyl (C=O) groups excluding carboxylic acids is 1. The van der Waals surface area contributed by atoms with Crippen molar-refractivity contribution in [1.29, 1.82) is 0 Å². The summed E-state index contributed by atoms with van der Waals surface area (Å²) in [5.74, 6) is 0.325. The summed E-state index contributed by atoms with van der Waals surface area (Å²) in [6, 6.07) is 13.6. The second-order valence-electron chi connectivity index (χ2n) is 6.40. The standard InChI is InChI=1S/C20H15ClN6O4S/c1-22-19(28)18-11-14(8-9-23-18)31-13-4-7-16-17(10-13)25-26-20(24-16)27-32(29,30)15-5-2-12(21)3-6-15/h2-11H,1H3,(H,22,28)(H,24,26,27). The van der Waals surface area contributed by atoms with Crippen molar-refractivity contribution in [1.82, 2.24) is 25.5 Å². The molecule has 12 heteroatoms. The molecule has 0 atom stereocenters. The number of pyridine rings is 1. The molecule has 0 aliphatic carbocycles. The number of benzene rings is 2. The largest absolute Gasteiger partial charge is 0.457 e. The molecule has 0 aliphatic heterocycles. The van der Waals surface area contributed by atoms with Gasteiger partial charge in [0.25, 0.3) is 21.9 Å². The third kappa shape index (κ3) is 4.74. The number of halogens is 1. The fourth-order valence-electron chi connectivity index (χ4n) is 2.68. The van der Waals surface area contributed by atoms with Crippen LogP contribution in [0.4, 0.5) is 5.95 Å². The molecule has 1 amide bonds. The highest BCUT2D eigenvalue weighted by molar-refractivity contribution is 7.92. The number of nitrogens with zero attached hydrogens (tertiary/aromatic N) is 4. The molecule has 4 rings (SSSR count). The molecule has 0 saturated carbocycles. The lowest BCUT2D eigenvalue weighted by molar-refractivity contribution is 0.0958. The van der Waals surface area contributed by atoms with Gasteiger partial charge in [-0.3, -0.25) is 9.78 Å². The summed E-state index contributed by atoms with van der Waals surface area (Å²) < 4.78 is 33.0. The van der Waals surface area contributed by atoms with Crippen LogP contribution in [0.15, 0.2) is 65.7 Å². The molecule has 0 unspecified atom stereocenters. The van der Waals surface area contributed by atoms with Crippen LogP contribution in [0.1, 0.15) is 10.5 Å². The molecule has 4 aromatic rings. The van der Waals surface area contributed by atoms with Crippen LogP contribution in [0.5, 0.6) is 11.5 Å². The Balaban J connectivity index is 1.55. The van der Waals surface area contributed by atoms with Gasteiger partial charge in [-0.25, -0.2) is 18.1 Å². The lowest BCUT2D eigenvalue weighted by Gasteiger charge is -2.09. The van der Waals surface area contributed by atoms with Crippen LogP contribution in [0.3, 0.4) is 0 Å². The first-order chi connectivity index (χ1) is 15.3. The Hall–Kier alpha value is -3.83. The van der Waals surface area contributed by atoms with E-state index in [4.69, 9.17) is 16.3 Å². The summed E-state index contributed by atoms with van der Waals surface area (Å²) in [6.45, 7) is 0. The summed E-state index contributed by atoms with van der Waals surface area (Å²) >= 11 is 5.80. The Kier molecular flexibility index (Phi) is 5.84. The number of aromatic nitrogens is 4. The fourth-order valence-corrected chi connectivity index (χ4v) is 3.74. The molecule has 32 heavy (non-hydrogen) atoms. The zero-order valence-electron chi connectivity index (χ0n) is 16.5. The van der Waals surface area contributed by atoms with Crippen LogP contribution in [0.2, 0.25) is 5.02 Å². The molecular formula is C20H15ClN6O4S. The second kappa shape index (κ2) is 8.73. The van der Waals surface area contributed by atoms with E-state index in [1.165, 1.54) is 43.6 Å². The summed E-state index contributed by atoms with van der Waals surface area (Å²) in [5.41, 5.74) is 1.00. The number of nitrogens with one attached hydrogen (secondary N) is 2. The van der Waals surface area contributed by atoms with Gasteiger partial charge in [0.2, 0.25) is 0 Å². The molecular weight excluding hydrogens is 456 g/mol. The molecule has 0 radical (unpaired) electrons. The fraction of sp³-hybridized carbons (Fsp3) is 0.0500. The van der Waals surface area contributed by atoms with E-state index in [9.17, 15) is 13.2 Å². The minimum atomic E-state index is -3.90. The van der Waals surface area contributed by atoms with Gasteiger partial charge in [-0.15, -0.1) is 10.2 Å². The van der Waals surface area contributed by atoms with Crippen molar-refractivity contribution in [3.05, 3.63) is 71.5 Å². The molecule has 2 aromatic carbocycles. The molecule has 0 spiro atoms. The predicted octanol–water partition coefficient (Wildman–Crippen LogP) is 3.03. The molecule has 0 bridgehead atoms. The van der Waals surface area contributed by atoms with Gasteiger partial charge in [-0.05, 0) is 42.5 Å². The van der Waals surface area contributed by atoms with Crippen LogP contribution in [0.25, 0.3) is 11.0 Å². The van der Waals surface area contributed by atoms with E-state index in [0.717, 1.165) is 0 Å². The number of ether oxygens (including phenoxy) is 1. The van der Waals surface area contributed by atoms with Crippen LogP contribution < -0.4 is 14.8 Å². The van der Waals surface area contributed by atoms with Gasteiger partial charge in [0.05, 0.1) is 10.4 Å². The van der Waals surface area contributed by atoms with Gasteiger partial charge in [0, 0.05) is 30.4 Å². The summed E-state index contributed by atoms with van der Waals surface area (Å²) in [5, 5.41) is 10.8. The van der Waals surface area contributed by atoms with E-state index in [2.05, 4.69) is 30.2 Å². The first-order valence-electron chi connectivity index (χ1n) is 9.13. The van der Waals surface area contributed by atoms with E-state index >= 15 is 0 Å². The predicted molar refractivity (Wildman–Crippen MR) is 117 cm³/mol. The van der Waals surface area contributed by atoms with Crippen molar-refractivity contribution < 1.29 is 17.9 Å². The molecule has 2 aromatic heterocycles. The van der Waals surface area contributed by atoms with Gasteiger partial charge < -0.3 is 10.1 Å². The van der Waals surface area contributed by atoms with E-state index < -0.39 is 10.0 Å². The van der Waals surface area contributed by atoms with Gasteiger partial charge in [0.15, 0.2) is 0 Å². The third-order valence-corrected chi connectivity index (χ3v) is 5.80. The molecule has 2 N–H and O–H groups in total. The Labute approximate surface area is 187 Å². The lowest BCUT2D eigenvalue weighted by Crippen LogP contribution is -2.18. The van der Waals surface area contributed by atoms with Gasteiger partial charge in [-0.2, -0.15) is 0 Å². The van der Waals surface area contributed by atoms with Crippen LogP contribution in [-0.2, 0) is 10.0 Å². The quantitative estimate of drug-likeness (QED) is 0.438. The van der Waals surface area contributed by atoms with Crippen molar-refractivity contribution in [2.45, 2.75) is 4.90 Å². The van der Waals surface area contributed by atoms with Crippen molar-refractivity contribution in [2.24, 2.45) is 0 Å². The maximum absolute atomic E-state index is 12.5. The Bertz CT molecular complexity index is 1410. The van der Waals surface area contributed by atoms with E-state index in [-0.39, 0.29) is 22.4 Å².